The maximum atomic E-state index is 13.4. The molecule has 1 aliphatic heterocycles. The first-order valence-corrected chi connectivity index (χ1v) is 11.7. The van der Waals surface area contributed by atoms with Gasteiger partial charge in [0.15, 0.2) is 0 Å². The van der Waals surface area contributed by atoms with Crippen molar-refractivity contribution in [2.75, 3.05) is 16.8 Å². The maximum absolute atomic E-state index is 13.4. The lowest BCUT2D eigenvalue weighted by atomic mass is 9.95. The van der Waals surface area contributed by atoms with Gasteiger partial charge in [0.05, 0.1) is 5.56 Å². The van der Waals surface area contributed by atoms with E-state index in [4.69, 9.17) is 0 Å². The van der Waals surface area contributed by atoms with Gasteiger partial charge in [-0.05, 0) is 61.4 Å². The molecule has 2 N–H and O–H groups in total. The molecule has 5 rings (SSSR count). The normalized spacial score (nSPS) is 18.9. The lowest BCUT2D eigenvalue weighted by Crippen LogP contribution is -2.38. The van der Waals surface area contributed by atoms with Gasteiger partial charge in [-0.1, -0.05) is 43.5 Å². The van der Waals surface area contributed by atoms with Crippen LogP contribution in [0, 0.1) is 5.92 Å². The highest BCUT2D eigenvalue weighted by Gasteiger charge is 2.30. The summed E-state index contributed by atoms with van der Waals surface area (Å²) in [7, 11) is 0. The van der Waals surface area contributed by atoms with Gasteiger partial charge in [-0.15, -0.1) is 0 Å². The molecule has 0 spiro atoms. The van der Waals surface area contributed by atoms with Gasteiger partial charge < -0.3 is 15.5 Å². The number of amides is 2. The Bertz CT molecular complexity index is 976. The van der Waals surface area contributed by atoms with Crippen LogP contribution >= 0.6 is 0 Å². The minimum absolute atomic E-state index is 0.0247. The molecule has 0 saturated heterocycles. The Balaban J connectivity index is 1.41. The Labute approximate surface area is 184 Å². The van der Waals surface area contributed by atoms with Crippen molar-refractivity contribution in [2.45, 2.75) is 64.0 Å². The largest absolute Gasteiger partial charge is 0.366 e. The highest BCUT2D eigenvalue weighted by Crippen LogP contribution is 2.33. The van der Waals surface area contributed by atoms with Crippen LogP contribution in [-0.4, -0.2) is 24.4 Å². The summed E-state index contributed by atoms with van der Waals surface area (Å²) >= 11 is 0. The molecule has 1 heterocycles. The topological polar surface area (TPSA) is 61.4 Å². The van der Waals surface area contributed by atoms with Crippen molar-refractivity contribution in [1.82, 2.24) is 5.32 Å². The van der Waals surface area contributed by atoms with Crippen LogP contribution < -0.4 is 15.5 Å². The number of rotatable bonds is 5. The number of benzene rings is 2. The third-order valence-corrected chi connectivity index (χ3v) is 6.87. The van der Waals surface area contributed by atoms with Crippen molar-refractivity contribution in [2.24, 2.45) is 5.92 Å². The van der Waals surface area contributed by atoms with Crippen LogP contribution in [0.2, 0.25) is 0 Å². The molecule has 5 heteroatoms. The van der Waals surface area contributed by atoms with Crippen molar-refractivity contribution in [3.63, 3.8) is 0 Å². The maximum Gasteiger partial charge on any atom is 0.253 e. The molecule has 0 atom stereocenters. The average Bonchev–Trinajstić information content (AvgIpc) is 3.65. The molecule has 162 valence electrons. The zero-order valence-corrected chi connectivity index (χ0v) is 18.0. The summed E-state index contributed by atoms with van der Waals surface area (Å²) in [5.74, 6) is 0.180. The Hall–Kier alpha value is -2.82. The van der Waals surface area contributed by atoms with Crippen molar-refractivity contribution >= 4 is 23.2 Å². The van der Waals surface area contributed by atoms with Gasteiger partial charge >= 0.3 is 0 Å². The molecule has 0 bridgehead atoms. The molecule has 2 saturated carbocycles. The fraction of sp³-hybridized carbons (Fsp3) is 0.462. The summed E-state index contributed by atoms with van der Waals surface area (Å²) in [4.78, 5) is 27.9. The van der Waals surface area contributed by atoms with Crippen molar-refractivity contribution in [1.29, 1.82) is 0 Å². The van der Waals surface area contributed by atoms with E-state index in [2.05, 4.69) is 39.8 Å². The van der Waals surface area contributed by atoms with E-state index in [1.165, 1.54) is 30.4 Å². The number of hydrogen-bond donors (Lipinski definition) is 2. The van der Waals surface area contributed by atoms with Gasteiger partial charge in [0, 0.05) is 36.4 Å². The zero-order chi connectivity index (χ0) is 21.2. The van der Waals surface area contributed by atoms with Crippen LogP contribution in [0.5, 0.6) is 0 Å². The third-order valence-electron chi connectivity index (χ3n) is 6.87. The van der Waals surface area contributed by atoms with Gasteiger partial charge in [-0.25, -0.2) is 0 Å². The van der Waals surface area contributed by atoms with Crippen LogP contribution in [0.4, 0.5) is 11.4 Å². The fourth-order valence-corrected chi connectivity index (χ4v) is 4.87. The van der Waals surface area contributed by atoms with Crippen LogP contribution in [-0.2, 0) is 17.8 Å². The minimum atomic E-state index is -0.0247. The quantitative estimate of drug-likeness (QED) is 0.744. The van der Waals surface area contributed by atoms with E-state index in [0.29, 0.717) is 11.3 Å². The molecule has 0 unspecified atom stereocenters. The summed E-state index contributed by atoms with van der Waals surface area (Å²) < 4.78 is 0. The van der Waals surface area contributed by atoms with Gasteiger partial charge in [0.25, 0.3) is 5.91 Å². The molecule has 0 aromatic heterocycles. The number of hydrogen-bond acceptors (Lipinski definition) is 3. The molecule has 2 fully saturated rings. The summed E-state index contributed by atoms with van der Waals surface area (Å²) in [5.41, 5.74) is 5.04. The average molecular weight is 418 g/mol. The molecular formula is C26H31N3O2. The molecule has 0 radical (unpaired) electrons. The van der Waals surface area contributed by atoms with Crippen molar-refractivity contribution in [3.8, 4) is 0 Å². The zero-order valence-electron chi connectivity index (χ0n) is 18.0. The fourth-order valence-electron chi connectivity index (χ4n) is 4.87. The summed E-state index contributed by atoms with van der Waals surface area (Å²) in [6.07, 6.45) is 8.62. The summed E-state index contributed by atoms with van der Waals surface area (Å²) in [5, 5.41) is 6.28. The number of carbonyl (C=O) groups excluding carboxylic acids is 2. The van der Waals surface area contributed by atoms with E-state index in [9.17, 15) is 9.59 Å². The monoisotopic (exact) mass is 417 g/mol. The van der Waals surface area contributed by atoms with E-state index in [0.717, 1.165) is 50.9 Å². The predicted molar refractivity (Wildman–Crippen MR) is 123 cm³/mol. The second-order valence-corrected chi connectivity index (χ2v) is 9.24. The van der Waals surface area contributed by atoms with Crippen LogP contribution in [0.25, 0.3) is 0 Å². The number of carbonyl (C=O) groups is 2. The number of anilines is 2. The number of nitrogens with zero attached hydrogens (tertiary/aromatic N) is 1. The SMILES string of the molecule is O=C(NC1CCCCC1)c1cc(NC(=O)C2CC2)ccc1N1CCc2ccccc2C1. The van der Waals surface area contributed by atoms with Crippen LogP contribution in [0.3, 0.4) is 0 Å². The molecular weight excluding hydrogens is 386 g/mol. The molecule has 5 nitrogen and oxygen atoms in total. The van der Waals surface area contributed by atoms with E-state index in [1.807, 2.05) is 18.2 Å². The molecule has 2 aliphatic carbocycles. The van der Waals surface area contributed by atoms with Crippen molar-refractivity contribution in [3.05, 3.63) is 59.2 Å². The molecule has 31 heavy (non-hydrogen) atoms. The lowest BCUT2D eigenvalue weighted by Gasteiger charge is -2.32. The minimum Gasteiger partial charge on any atom is -0.366 e. The molecule has 2 aromatic carbocycles. The second kappa shape index (κ2) is 8.74. The van der Waals surface area contributed by atoms with Gasteiger partial charge in [0.2, 0.25) is 5.91 Å². The highest BCUT2D eigenvalue weighted by molar-refractivity contribution is 6.02. The Morgan fingerprint density at radius 3 is 2.45 bits per heavy atom. The first-order valence-electron chi connectivity index (χ1n) is 11.7. The highest BCUT2D eigenvalue weighted by atomic mass is 16.2. The van der Waals surface area contributed by atoms with Crippen molar-refractivity contribution < 1.29 is 9.59 Å². The molecule has 2 amide bonds. The third kappa shape index (κ3) is 4.60. The standard InChI is InChI=1S/C26H31N3O2/c30-25(19-10-11-19)28-22-12-13-24(29-15-14-18-6-4-5-7-20(18)17-29)23(16-22)26(31)27-21-8-2-1-3-9-21/h4-7,12-13,16,19,21H,1-3,8-11,14-15,17H2,(H,27,31)(H,28,30). The summed E-state index contributed by atoms with van der Waals surface area (Å²) in [6, 6.07) is 14.6. The number of nitrogens with one attached hydrogen (secondary N) is 2. The van der Waals surface area contributed by atoms with E-state index in [1.54, 1.807) is 0 Å². The summed E-state index contributed by atoms with van der Waals surface area (Å²) in [6.45, 7) is 1.68. The Morgan fingerprint density at radius 2 is 1.68 bits per heavy atom. The Morgan fingerprint density at radius 1 is 0.903 bits per heavy atom. The van der Waals surface area contributed by atoms with Crippen LogP contribution in [0.1, 0.15) is 66.4 Å². The first-order chi connectivity index (χ1) is 15.2. The van der Waals surface area contributed by atoms with E-state index >= 15 is 0 Å². The second-order valence-electron chi connectivity index (χ2n) is 9.24. The molecule has 2 aromatic rings. The lowest BCUT2D eigenvalue weighted by molar-refractivity contribution is -0.117. The van der Waals surface area contributed by atoms with Gasteiger partial charge in [-0.2, -0.15) is 0 Å². The molecule has 3 aliphatic rings. The van der Waals surface area contributed by atoms with Gasteiger partial charge in [-0.3, -0.25) is 9.59 Å². The number of fused-ring (bicyclic) bond motifs is 1. The Kier molecular flexibility index (Phi) is 5.66. The van der Waals surface area contributed by atoms with E-state index in [-0.39, 0.29) is 23.8 Å². The predicted octanol–water partition coefficient (Wildman–Crippen LogP) is 4.66. The van der Waals surface area contributed by atoms with Gasteiger partial charge in [0.1, 0.15) is 0 Å². The first kappa shape index (κ1) is 20.1. The van der Waals surface area contributed by atoms with Crippen LogP contribution in [0.15, 0.2) is 42.5 Å². The van der Waals surface area contributed by atoms with E-state index < -0.39 is 0 Å². The smallest absolute Gasteiger partial charge is 0.253 e.